The maximum Gasteiger partial charge on any atom is 0.324 e. The highest BCUT2D eigenvalue weighted by atomic mass is 16.5. The zero-order chi connectivity index (χ0) is 18.4. The second-order valence-corrected chi connectivity index (χ2v) is 5.75. The van der Waals surface area contributed by atoms with Crippen molar-refractivity contribution in [1.82, 2.24) is 0 Å². The lowest BCUT2D eigenvalue weighted by atomic mass is 9.77. The van der Waals surface area contributed by atoms with Crippen molar-refractivity contribution in [2.75, 3.05) is 14.2 Å². The van der Waals surface area contributed by atoms with Crippen molar-refractivity contribution in [3.8, 4) is 12.3 Å². The normalized spacial score (nSPS) is 10.8. The smallest absolute Gasteiger partial charge is 0.324 e. The number of ether oxygens (including phenoxy) is 2. The van der Waals surface area contributed by atoms with Gasteiger partial charge in [-0.25, -0.2) is 0 Å². The van der Waals surface area contributed by atoms with Crippen molar-refractivity contribution in [3.63, 3.8) is 0 Å². The quantitative estimate of drug-likeness (QED) is 0.459. The van der Waals surface area contributed by atoms with Crippen LogP contribution in [0.5, 0.6) is 0 Å². The Bertz CT molecular complexity index is 836. The lowest BCUT2D eigenvalue weighted by Gasteiger charge is -2.27. The minimum Gasteiger partial charge on any atom is -0.468 e. The van der Waals surface area contributed by atoms with Gasteiger partial charge >= 0.3 is 11.9 Å². The predicted molar refractivity (Wildman–Crippen MR) is 97.5 cm³/mol. The van der Waals surface area contributed by atoms with E-state index in [2.05, 4.69) is 12.5 Å². The molecule has 0 amide bonds. The molecule has 0 radical (unpaired) electrons. The molecule has 0 bridgehead atoms. The molecule has 0 unspecified atom stereocenters. The minimum absolute atomic E-state index is 0.0184. The second-order valence-electron chi connectivity index (χ2n) is 5.75. The van der Waals surface area contributed by atoms with Crippen LogP contribution in [0.25, 0.3) is 16.3 Å². The van der Waals surface area contributed by atoms with Crippen molar-refractivity contribution in [1.29, 1.82) is 0 Å². The van der Waals surface area contributed by atoms with Crippen molar-refractivity contribution < 1.29 is 19.1 Å². The molecule has 0 aliphatic heterocycles. The van der Waals surface area contributed by atoms with Crippen LogP contribution in [0.1, 0.15) is 18.4 Å². The summed E-state index contributed by atoms with van der Waals surface area (Å²) in [7, 11) is 2.44. The van der Waals surface area contributed by atoms with Gasteiger partial charge in [0.05, 0.1) is 14.2 Å². The molecule has 2 rings (SSSR count). The zero-order valence-corrected chi connectivity index (χ0v) is 14.4. The van der Waals surface area contributed by atoms with E-state index in [0.717, 1.165) is 16.3 Å². The first kappa shape index (κ1) is 18.3. The molecule has 0 aromatic heterocycles. The summed E-state index contributed by atoms with van der Waals surface area (Å²) in [6.45, 7) is 4.09. The fourth-order valence-corrected chi connectivity index (χ4v) is 2.99. The van der Waals surface area contributed by atoms with Crippen LogP contribution in [0.2, 0.25) is 0 Å². The highest BCUT2D eigenvalue weighted by Gasteiger charge is 2.48. The Hall–Kier alpha value is -3.06. The van der Waals surface area contributed by atoms with Gasteiger partial charge in [-0.15, -0.1) is 12.3 Å². The lowest BCUT2D eigenvalue weighted by molar-refractivity contribution is -0.168. The molecule has 0 aliphatic carbocycles. The van der Waals surface area contributed by atoms with Crippen LogP contribution >= 0.6 is 0 Å². The van der Waals surface area contributed by atoms with Gasteiger partial charge in [0, 0.05) is 12.8 Å². The lowest BCUT2D eigenvalue weighted by Crippen LogP contribution is -2.41. The molecule has 2 aromatic carbocycles. The Kier molecular flexibility index (Phi) is 5.61. The number of terminal acetylenes is 1. The average Bonchev–Trinajstić information content (AvgIpc) is 2.65. The highest BCUT2D eigenvalue weighted by molar-refractivity contribution is 6.03. The van der Waals surface area contributed by atoms with Crippen LogP contribution < -0.4 is 0 Å². The Labute approximate surface area is 147 Å². The standard InChI is InChI=1S/C21H20O4/c1-5-13-21(19(22)24-3,20(23)25-4)14-15(2)17-12-8-10-16-9-6-7-11-18(16)17/h1,6-12H,2,13-14H2,3-4H3. The number of methoxy groups -OCH3 is 2. The molecule has 4 nitrogen and oxygen atoms in total. The number of fused-ring (bicyclic) bond motifs is 1. The van der Waals surface area contributed by atoms with Gasteiger partial charge in [0.15, 0.2) is 5.41 Å². The molecule has 0 saturated carbocycles. The van der Waals surface area contributed by atoms with Gasteiger partial charge in [0.2, 0.25) is 0 Å². The molecule has 25 heavy (non-hydrogen) atoms. The van der Waals surface area contributed by atoms with Crippen LogP contribution in [0.3, 0.4) is 0 Å². The Balaban J connectivity index is 2.51. The summed E-state index contributed by atoms with van der Waals surface area (Å²) in [5.41, 5.74) is -0.137. The van der Waals surface area contributed by atoms with Crippen LogP contribution in [-0.2, 0) is 19.1 Å². The van der Waals surface area contributed by atoms with E-state index in [1.165, 1.54) is 14.2 Å². The Morgan fingerprint density at radius 3 is 2.28 bits per heavy atom. The molecule has 0 saturated heterocycles. The molecular weight excluding hydrogens is 316 g/mol. The number of esters is 2. The topological polar surface area (TPSA) is 52.6 Å². The van der Waals surface area contributed by atoms with E-state index in [1.54, 1.807) is 0 Å². The maximum atomic E-state index is 12.4. The predicted octanol–water partition coefficient (Wildman–Crippen LogP) is 3.60. The molecule has 2 aromatic rings. The number of rotatable bonds is 6. The number of carbonyl (C=O) groups is 2. The summed E-state index contributed by atoms with van der Waals surface area (Å²) in [4.78, 5) is 24.8. The van der Waals surface area contributed by atoms with E-state index in [1.807, 2.05) is 42.5 Å². The number of benzene rings is 2. The van der Waals surface area contributed by atoms with Gasteiger partial charge in [-0.2, -0.15) is 0 Å². The van der Waals surface area contributed by atoms with Crippen LogP contribution in [-0.4, -0.2) is 26.2 Å². The van der Waals surface area contributed by atoms with E-state index in [9.17, 15) is 9.59 Å². The van der Waals surface area contributed by atoms with Crippen molar-refractivity contribution in [2.45, 2.75) is 12.8 Å². The molecule has 4 heteroatoms. The third-order valence-electron chi connectivity index (χ3n) is 4.24. The molecule has 0 heterocycles. The largest absolute Gasteiger partial charge is 0.468 e. The molecular formula is C21H20O4. The summed E-state index contributed by atoms with van der Waals surface area (Å²) < 4.78 is 9.68. The minimum atomic E-state index is -1.60. The van der Waals surface area contributed by atoms with Gasteiger partial charge in [0.25, 0.3) is 0 Å². The number of carbonyl (C=O) groups excluding carboxylic acids is 2. The average molecular weight is 336 g/mol. The van der Waals surface area contributed by atoms with E-state index in [-0.39, 0.29) is 12.8 Å². The Morgan fingerprint density at radius 2 is 1.68 bits per heavy atom. The number of hydrogen-bond acceptors (Lipinski definition) is 4. The number of hydrogen-bond donors (Lipinski definition) is 0. The molecule has 0 fully saturated rings. The summed E-state index contributed by atoms with van der Waals surface area (Å²) in [6.07, 6.45) is 5.30. The van der Waals surface area contributed by atoms with Crippen LogP contribution in [0.15, 0.2) is 49.0 Å². The van der Waals surface area contributed by atoms with Gasteiger partial charge in [-0.05, 0) is 21.9 Å². The first-order valence-electron chi connectivity index (χ1n) is 7.76. The van der Waals surface area contributed by atoms with Crippen LogP contribution in [0.4, 0.5) is 0 Å². The van der Waals surface area contributed by atoms with Crippen LogP contribution in [0, 0.1) is 17.8 Å². The van der Waals surface area contributed by atoms with Gasteiger partial charge in [-0.1, -0.05) is 49.0 Å². The maximum absolute atomic E-state index is 12.4. The zero-order valence-electron chi connectivity index (χ0n) is 14.4. The molecule has 128 valence electrons. The highest BCUT2D eigenvalue weighted by Crippen LogP contribution is 2.38. The molecule has 0 atom stereocenters. The molecule has 0 spiro atoms. The Morgan fingerprint density at radius 1 is 1.08 bits per heavy atom. The number of allylic oxidation sites excluding steroid dienone is 1. The fraction of sp³-hybridized carbons (Fsp3) is 0.238. The molecule has 0 aliphatic rings. The summed E-state index contributed by atoms with van der Waals surface area (Å²) in [5, 5.41) is 2.03. The van der Waals surface area contributed by atoms with E-state index in [4.69, 9.17) is 15.9 Å². The summed E-state index contributed by atoms with van der Waals surface area (Å²) in [6, 6.07) is 13.6. The molecule has 0 N–H and O–H groups in total. The van der Waals surface area contributed by atoms with Crippen molar-refractivity contribution >= 4 is 28.3 Å². The van der Waals surface area contributed by atoms with Crippen molar-refractivity contribution in [3.05, 3.63) is 54.6 Å². The van der Waals surface area contributed by atoms with E-state index >= 15 is 0 Å². The van der Waals surface area contributed by atoms with Gasteiger partial charge in [-0.3, -0.25) is 9.59 Å². The fourth-order valence-electron chi connectivity index (χ4n) is 2.99. The third kappa shape index (κ3) is 3.41. The first-order chi connectivity index (χ1) is 12.0. The van der Waals surface area contributed by atoms with Gasteiger partial charge < -0.3 is 9.47 Å². The van der Waals surface area contributed by atoms with E-state index in [0.29, 0.717) is 5.57 Å². The van der Waals surface area contributed by atoms with E-state index < -0.39 is 17.4 Å². The monoisotopic (exact) mass is 336 g/mol. The second kappa shape index (κ2) is 7.67. The third-order valence-corrected chi connectivity index (χ3v) is 4.24. The SMILES string of the molecule is C#CCC(CC(=C)c1cccc2ccccc12)(C(=O)OC)C(=O)OC. The summed E-state index contributed by atoms with van der Waals surface area (Å²) in [5.74, 6) is 0.943. The summed E-state index contributed by atoms with van der Waals surface area (Å²) >= 11 is 0. The van der Waals surface area contributed by atoms with Crippen molar-refractivity contribution in [2.24, 2.45) is 5.41 Å². The first-order valence-corrected chi connectivity index (χ1v) is 7.76. The van der Waals surface area contributed by atoms with Gasteiger partial charge in [0.1, 0.15) is 0 Å².